The van der Waals surface area contributed by atoms with Crippen molar-refractivity contribution in [2.75, 3.05) is 0 Å². The number of rotatable bonds is 4. The Kier molecular flexibility index (Phi) is 5.59. The van der Waals surface area contributed by atoms with Crippen LogP contribution < -0.4 is 5.43 Å². The van der Waals surface area contributed by atoms with E-state index in [0.29, 0.717) is 28.4 Å². The molecule has 0 radical (unpaired) electrons. The summed E-state index contributed by atoms with van der Waals surface area (Å²) in [5.74, 6) is -1.99. The van der Waals surface area contributed by atoms with Crippen molar-refractivity contribution in [2.24, 2.45) is 0 Å². The smallest absolute Gasteiger partial charge is 0.341 e. The van der Waals surface area contributed by atoms with Crippen molar-refractivity contribution in [1.29, 1.82) is 0 Å². The van der Waals surface area contributed by atoms with E-state index in [4.69, 9.17) is 23.2 Å². The fraction of sp³-hybridized carbons (Fsp3) is 0.143. The van der Waals surface area contributed by atoms with Gasteiger partial charge in [-0.1, -0.05) is 35.3 Å². The maximum Gasteiger partial charge on any atom is 0.341 e. The maximum atomic E-state index is 13.6. The number of halogens is 3. The third-order valence-electron chi connectivity index (χ3n) is 4.58. The summed E-state index contributed by atoms with van der Waals surface area (Å²) in [5, 5.41) is 10.2. The molecule has 1 heterocycles. The minimum atomic E-state index is -1.36. The Labute approximate surface area is 170 Å². The lowest BCUT2D eigenvalue weighted by molar-refractivity contribution is 0.0695. The first kappa shape index (κ1) is 20.1. The molecule has 0 aliphatic carbocycles. The van der Waals surface area contributed by atoms with Crippen LogP contribution in [0.4, 0.5) is 4.39 Å². The van der Waals surface area contributed by atoms with E-state index in [2.05, 4.69) is 0 Å². The van der Waals surface area contributed by atoms with Crippen LogP contribution in [0.25, 0.3) is 22.4 Å². The average molecular weight is 420 g/mol. The molecule has 1 aromatic heterocycles. The van der Waals surface area contributed by atoms with Gasteiger partial charge in [-0.15, -0.1) is 0 Å². The topological polar surface area (TPSA) is 59.3 Å². The van der Waals surface area contributed by atoms with Gasteiger partial charge in [0.05, 0.1) is 10.7 Å². The third-order valence-corrected chi connectivity index (χ3v) is 5.13. The van der Waals surface area contributed by atoms with Gasteiger partial charge in [0.1, 0.15) is 11.4 Å². The van der Waals surface area contributed by atoms with Gasteiger partial charge in [0.2, 0.25) is 5.43 Å². The van der Waals surface area contributed by atoms with E-state index in [9.17, 15) is 19.1 Å². The van der Waals surface area contributed by atoms with E-state index in [-0.39, 0.29) is 21.8 Å². The SMILES string of the molecule is CCn1c(C)c(-c2ccc(Cl)cc2)c(=O)c(C(=O)O)c1-c1ccc(F)c(Cl)c1. The second-order valence-electron chi connectivity index (χ2n) is 6.20. The standard InChI is InChI=1S/C21H16Cl2FNO3/c1-3-25-11(2)17(12-4-7-14(22)8-5-12)20(26)18(21(27)28)19(25)13-6-9-16(24)15(23)10-13/h4-10H,3H2,1-2H3,(H,27,28). The number of aromatic carboxylic acids is 1. The summed E-state index contributed by atoms with van der Waals surface area (Å²) in [5.41, 5.74) is 0.988. The molecule has 1 N–H and O–H groups in total. The monoisotopic (exact) mass is 419 g/mol. The summed E-state index contributed by atoms with van der Waals surface area (Å²) < 4.78 is 15.3. The van der Waals surface area contributed by atoms with Crippen molar-refractivity contribution < 1.29 is 14.3 Å². The molecule has 0 atom stereocenters. The minimum absolute atomic E-state index is 0.150. The number of aromatic nitrogens is 1. The Bertz CT molecular complexity index is 1140. The number of carboxylic acid groups (broad SMARTS) is 1. The summed E-state index contributed by atoms with van der Waals surface area (Å²) in [4.78, 5) is 25.2. The predicted octanol–water partition coefficient (Wildman–Crippen LogP) is 5.65. The molecule has 0 fully saturated rings. The molecule has 3 aromatic rings. The minimum Gasteiger partial charge on any atom is -0.477 e. The first-order valence-electron chi connectivity index (χ1n) is 8.48. The zero-order valence-electron chi connectivity index (χ0n) is 15.1. The van der Waals surface area contributed by atoms with E-state index < -0.39 is 17.2 Å². The van der Waals surface area contributed by atoms with Crippen LogP contribution in [0.5, 0.6) is 0 Å². The van der Waals surface area contributed by atoms with Crippen molar-refractivity contribution in [2.45, 2.75) is 20.4 Å². The van der Waals surface area contributed by atoms with Gasteiger partial charge < -0.3 is 9.67 Å². The van der Waals surface area contributed by atoms with E-state index >= 15 is 0 Å². The average Bonchev–Trinajstić information content (AvgIpc) is 2.64. The molecule has 0 bridgehead atoms. The molecule has 0 aliphatic heterocycles. The highest BCUT2D eigenvalue weighted by molar-refractivity contribution is 6.31. The molecule has 144 valence electrons. The lowest BCUT2D eigenvalue weighted by Gasteiger charge is -2.21. The lowest BCUT2D eigenvalue weighted by Crippen LogP contribution is -2.25. The maximum absolute atomic E-state index is 13.6. The van der Waals surface area contributed by atoms with Gasteiger partial charge in [0.15, 0.2) is 0 Å². The van der Waals surface area contributed by atoms with Crippen molar-refractivity contribution in [3.63, 3.8) is 0 Å². The van der Waals surface area contributed by atoms with Crippen molar-refractivity contribution >= 4 is 29.2 Å². The molecule has 0 unspecified atom stereocenters. The molecule has 0 saturated heterocycles. The second kappa shape index (κ2) is 7.78. The van der Waals surface area contributed by atoms with Crippen LogP contribution in [0.1, 0.15) is 23.0 Å². The molecular formula is C21H16Cl2FNO3. The van der Waals surface area contributed by atoms with E-state index in [1.165, 1.54) is 12.1 Å². The number of hydrogen-bond acceptors (Lipinski definition) is 2. The van der Waals surface area contributed by atoms with Gasteiger partial charge in [-0.05, 0) is 49.7 Å². The summed E-state index contributed by atoms with van der Waals surface area (Å²) >= 11 is 11.8. The second-order valence-corrected chi connectivity index (χ2v) is 7.04. The first-order chi connectivity index (χ1) is 13.3. The van der Waals surface area contributed by atoms with Crippen molar-refractivity contribution in [3.8, 4) is 22.4 Å². The molecule has 7 heteroatoms. The van der Waals surface area contributed by atoms with Gasteiger partial charge >= 0.3 is 5.97 Å². The first-order valence-corrected chi connectivity index (χ1v) is 9.23. The van der Waals surface area contributed by atoms with Crippen LogP contribution >= 0.6 is 23.2 Å². The Morgan fingerprint density at radius 3 is 2.25 bits per heavy atom. The highest BCUT2D eigenvalue weighted by Gasteiger charge is 2.25. The Hall–Kier alpha value is -2.63. The van der Waals surface area contributed by atoms with Gasteiger partial charge in [0, 0.05) is 28.4 Å². The van der Waals surface area contributed by atoms with Crippen LogP contribution in [0.15, 0.2) is 47.3 Å². The number of benzene rings is 2. The zero-order chi connectivity index (χ0) is 20.6. The molecule has 0 spiro atoms. The molecular weight excluding hydrogens is 404 g/mol. The normalized spacial score (nSPS) is 10.9. The molecule has 0 aliphatic rings. The summed E-state index contributed by atoms with van der Waals surface area (Å²) in [7, 11) is 0. The fourth-order valence-electron chi connectivity index (χ4n) is 3.33. The highest BCUT2D eigenvalue weighted by atomic mass is 35.5. The Morgan fingerprint density at radius 2 is 1.71 bits per heavy atom. The molecule has 4 nitrogen and oxygen atoms in total. The van der Waals surface area contributed by atoms with Crippen LogP contribution in [0.3, 0.4) is 0 Å². The molecule has 28 heavy (non-hydrogen) atoms. The van der Waals surface area contributed by atoms with Crippen molar-refractivity contribution in [3.05, 3.63) is 79.8 Å². The molecule has 2 aromatic carbocycles. The van der Waals surface area contributed by atoms with Gasteiger partial charge in [-0.25, -0.2) is 9.18 Å². The quantitative estimate of drug-likeness (QED) is 0.593. The molecule has 0 saturated carbocycles. The third kappa shape index (κ3) is 3.43. The number of hydrogen-bond donors (Lipinski definition) is 1. The summed E-state index contributed by atoms with van der Waals surface area (Å²) in [6.45, 7) is 3.98. The number of carboxylic acids is 1. The van der Waals surface area contributed by atoms with Gasteiger partial charge in [-0.2, -0.15) is 0 Å². The van der Waals surface area contributed by atoms with E-state index in [0.717, 1.165) is 6.07 Å². The van der Waals surface area contributed by atoms with Gasteiger partial charge in [0.25, 0.3) is 0 Å². The van der Waals surface area contributed by atoms with E-state index in [1.807, 2.05) is 6.92 Å². The number of carbonyl (C=O) groups is 1. The highest BCUT2D eigenvalue weighted by Crippen LogP contribution is 2.31. The zero-order valence-corrected chi connectivity index (χ0v) is 16.6. The number of pyridine rings is 1. The van der Waals surface area contributed by atoms with Crippen LogP contribution in [0, 0.1) is 12.7 Å². The van der Waals surface area contributed by atoms with Crippen LogP contribution in [-0.4, -0.2) is 15.6 Å². The predicted molar refractivity (Wildman–Crippen MR) is 109 cm³/mol. The van der Waals surface area contributed by atoms with Crippen molar-refractivity contribution in [1.82, 2.24) is 4.57 Å². The van der Waals surface area contributed by atoms with Crippen LogP contribution in [-0.2, 0) is 6.54 Å². The van der Waals surface area contributed by atoms with Gasteiger partial charge in [-0.3, -0.25) is 4.79 Å². The fourth-order valence-corrected chi connectivity index (χ4v) is 3.63. The number of nitrogens with zero attached hydrogens (tertiary/aromatic N) is 1. The largest absolute Gasteiger partial charge is 0.477 e. The Morgan fingerprint density at radius 1 is 1.11 bits per heavy atom. The molecule has 3 rings (SSSR count). The van der Waals surface area contributed by atoms with E-state index in [1.54, 1.807) is 35.8 Å². The lowest BCUT2D eigenvalue weighted by atomic mass is 9.96. The molecule has 0 amide bonds. The van der Waals surface area contributed by atoms with Crippen LogP contribution in [0.2, 0.25) is 10.0 Å². The summed E-state index contributed by atoms with van der Waals surface area (Å²) in [6, 6.07) is 10.5. The Balaban J connectivity index is 2.44. The summed E-state index contributed by atoms with van der Waals surface area (Å²) in [6.07, 6.45) is 0.